The van der Waals surface area contributed by atoms with E-state index in [1.165, 1.54) is 19.2 Å². The van der Waals surface area contributed by atoms with E-state index in [4.69, 9.17) is 9.15 Å². The second-order valence-electron chi connectivity index (χ2n) is 7.92. The monoisotopic (exact) mass is 442 g/mol. The molecule has 3 heterocycles. The third kappa shape index (κ3) is 3.85. The number of halogens is 2. The zero-order valence-electron chi connectivity index (χ0n) is 17.2. The third-order valence-electron chi connectivity index (χ3n) is 5.81. The van der Waals surface area contributed by atoms with Crippen LogP contribution in [0, 0.1) is 17.6 Å². The van der Waals surface area contributed by atoms with Crippen molar-refractivity contribution in [2.75, 3.05) is 30.4 Å². The summed E-state index contributed by atoms with van der Waals surface area (Å²) in [5.41, 5.74) is 2.12. The number of benzene rings is 1. The Labute approximate surface area is 181 Å². The largest absolute Gasteiger partial charge is 0.469 e. The number of rotatable bonds is 5. The van der Waals surface area contributed by atoms with Gasteiger partial charge in [0.05, 0.1) is 18.6 Å². The molecule has 32 heavy (non-hydrogen) atoms. The quantitative estimate of drug-likeness (QED) is 0.596. The fourth-order valence-corrected chi connectivity index (χ4v) is 4.16. The summed E-state index contributed by atoms with van der Waals surface area (Å²) in [7, 11) is 1.37. The van der Waals surface area contributed by atoms with Crippen LogP contribution in [0.2, 0.25) is 0 Å². The molecule has 2 aromatic heterocycles. The van der Waals surface area contributed by atoms with E-state index >= 15 is 0 Å². The summed E-state index contributed by atoms with van der Waals surface area (Å²) in [5, 5.41) is 11.3. The zero-order chi connectivity index (χ0) is 22.2. The molecule has 11 heteroatoms. The number of nitrogens with zero attached hydrogens (tertiary/aromatic N) is 5. The fraction of sp³-hybridized carbons (Fsp3) is 0.381. The van der Waals surface area contributed by atoms with E-state index in [1.807, 2.05) is 4.90 Å². The van der Waals surface area contributed by atoms with E-state index < -0.39 is 11.6 Å². The first-order chi connectivity index (χ1) is 15.5. The highest BCUT2D eigenvalue weighted by atomic mass is 19.2. The molecule has 0 amide bonds. The Bertz CT molecular complexity index is 1120. The number of ether oxygens (including phenoxy) is 1. The highest BCUT2D eigenvalue weighted by molar-refractivity contribution is 5.73. The summed E-state index contributed by atoms with van der Waals surface area (Å²) in [6.07, 6.45) is 4.92. The molecule has 3 aromatic rings. The van der Waals surface area contributed by atoms with Gasteiger partial charge in [0, 0.05) is 31.5 Å². The van der Waals surface area contributed by atoms with Crippen molar-refractivity contribution in [2.24, 2.45) is 5.92 Å². The standard InChI is InChI=1S/C21H20F2N6O3/c1-31-19(30)11-2-3-29(10-11)21-28-27-18(32-21)14-8-24-20(25-9-14)26-15-4-12-6-16(22)17(23)7-13(12)5-15/h6-9,11,15H,2-5,10H2,1H3,(H,24,25,26). The summed E-state index contributed by atoms with van der Waals surface area (Å²) >= 11 is 0. The molecule has 1 unspecified atom stereocenters. The van der Waals surface area contributed by atoms with Gasteiger partial charge in [-0.3, -0.25) is 4.79 Å². The van der Waals surface area contributed by atoms with E-state index in [2.05, 4.69) is 25.5 Å². The lowest BCUT2D eigenvalue weighted by Crippen LogP contribution is -2.23. The molecule has 0 spiro atoms. The molecule has 1 N–H and O–H groups in total. The summed E-state index contributed by atoms with van der Waals surface area (Å²) in [6, 6.07) is 2.77. The molecule has 5 rings (SSSR count). The van der Waals surface area contributed by atoms with E-state index in [1.54, 1.807) is 12.4 Å². The van der Waals surface area contributed by atoms with Crippen LogP contribution in [0.15, 0.2) is 28.9 Å². The number of carbonyl (C=O) groups is 1. The topological polar surface area (TPSA) is 106 Å². The van der Waals surface area contributed by atoms with Gasteiger partial charge in [-0.1, -0.05) is 5.10 Å². The molecular weight excluding hydrogens is 422 g/mol. The van der Waals surface area contributed by atoms with Gasteiger partial charge >= 0.3 is 12.0 Å². The highest BCUT2D eigenvalue weighted by Crippen LogP contribution is 2.28. The first kappa shape index (κ1) is 20.3. The van der Waals surface area contributed by atoms with Crippen LogP contribution >= 0.6 is 0 Å². The van der Waals surface area contributed by atoms with Crippen molar-refractivity contribution in [1.82, 2.24) is 20.2 Å². The zero-order valence-corrected chi connectivity index (χ0v) is 17.2. The van der Waals surface area contributed by atoms with Crippen molar-refractivity contribution < 1.29 is 22.7 Å². The average Bonchev–Trinajstić information content (AvgIpc) is 3.53. The van der Waals surface area contributed by atoms with Crippen LogP contribution in [0.3, 0.4) is 0 Å². The number of fused-ring (bicyclic) bond motifs is 1. The number of hydrogen-bond acceptors (Lipinski definition) is 9. The number of hydrogen-bond donors (Lipinski definition) is 1. The summed E-state index contributed by atoms with van der Waals surface area (Å²) < 4.78 is 37.4. The fourth-order valence-electron chi connectivity index (χ4n) is 4.16. The van der Waals surface area contributed by atoms with Gasteiger partial charge in [0.2, 0.25) is 5.95 Å². The highest BCUT2D eigenvalue weighted by Gasteiger charge is 2.32. The van der Waals surface area contributed by atoms with Crippen molar-refractivity contribution in [3.63, 3.8) is 0 Å². The lowest BCUT2D eigenvalue weighted by atomic mass is 10.1. The lowest BCUT2D eigenvalue weighted by Gasteiger charge is -2.12. The molecule has 1 aliphatic heterocycles. The molecule has 1 fully saturated rings. The molecule has 9 nitrogen and oxygen atoms in total. The molecule has 1 saturated heterocycles. The molecule has 0 bridgehead atoms. The second kappa shape index (κ2) is 8.13. The van der Waals surface area contributed by atoms with Gasteiger partial charge in [-0.05, 0) is 42.5 Å². The minimum Gasteiger partial charge on any atom is -0.469 e. The maximum atomic E-state index is 13.4. The Morgan fingerprint density at radius 2 is 1.84 bits per heavy atom. The van der Waals surface area contributed by atoms with Gasteiger partial charge in [-0.2, -0.15) is 0 Å². The third-order valence-corrected chi connectivity index (χ3v) is 5.81. The predicted octanol–water partition coefficient (Wildman–Crippen LogP) is 2.38. The smallest absolute Gasteiger partial charge is 0.318 e. The number of aromatic nitrogens is 4. The molecule has 0 radical (unpaired) electrons. The van der Waals surface area contributed by atoms with Crippen molar-refractivity contribution in [3.8, 4) is 11.5 Å². The van der Waals surface area contributed by atoms with Crippen LogP contribution in [0.1, 0.15) is 17.5 Å². The van der Waals surface area contributed by atoms with E-state index in [9.17, 15) is 13.6 Å². The van der Waals surface area contributed by atoms with Gasteiger partial charge in [0.15, 0.2) is 11.6 Å². The number of nitrogens with one attached hydrogen (secondary N) is 1. The second-order valence-corrected chi connectivity index (χ2v) is 7.92. The number of esters is 1. The van der Waals surface area contributed by atoms with Gasteiger partial charge in [-0.15, -0.1) is 5.10 Å². The maximum Gasteiger partial charge on any atom is 0.318 e. The number of carbonyl (C=O) groups excluding carboxylic acids is 1. The van der Waals surface area contributed by atoms with Crippen LogP contribution in [0.4, 0.5) is 20.7 Å². The van der Waals surface area contributed by atoms with Crippen LogP contribution in [-0.4, -0.2) is 52.4 Å². The van der Waals surface area contributed by atoms with Gasteiger partial charge in [-0.25, -0.2) is 18.7 Å². The van der Waals surface area contributed by atoms with Crippen LogP contribution in [0.25, 0.3) is 11.5 Å². The minimum absolute atomic E-state index is 0.0509. The normalized spacial score (nSPS) is 18.1. The number of methoxy groups -OCH3 is 1. The Morgan fingerprint density at radius 3 is 2.50 bits per heavy atom. The summed E-state index contributed by atoms with van der Waals surface area (Å²) in [6.45, 7) is 1.09. The molecular formula is C21H20F2N6O3. The Morgan fingerprint density at radius 1 is 1.16 bits per heavy atom. The molecule has 0 saturated carbocycles. The SMILES string of the molecule is COC(=O)C1CCN(c2nnc(-c3cnc(NC4Cc5cc(F)c(F)cc5C4)nc3)o2)C1. The van der Waals surface area contributed by atoms with E-state index in [0.717, 1.165) is 11.1 Å². The van der Waals surface area contributed by atoms with Crippen molar-refractivity contribution in [3.05, 3.63) is 47.3 Å². The van der Waals surface area contributed by atoms with Crippen molar-refractivity contribution in [2.45, 2.75) is 25.3 Å². The summed E-state index contributed by atoms with van der Waals surface area (Å²) in [4.78, 5) is 22.1. The van der Waals surface area contributed by atoms with Gasteiger partial charge in [0.1, 0.15) is 0 Å². The predicted molar refractivity (Wildman–Crippen MR) is 109 cm³/mol. The Kier molecular flexibility index (Phi) is 5.16. The van der Waals surface area contributed by atoms with Crippen LogP contribution in [0.5, 0.6) is 0 Å². The summed E-state index contributed by atoms with van der Waals surface area (Å²) in [5.74, 6) is -1.46. The maximum absolute atomic E-state index is 13.4. The molecule has 1 aliphatic carbocycles. The van der Waals surface area contributed by atoms with E-state index in [0.29, 0.717) is 49.9 Å². The lowest BCUT2D eigenvalue weighted by molar-refractivity contribution is -0.144. The molecule has 1 atom stereocenters. The van der Waals surface area contributed by atoms with Crippen molar-refractivity contribution >= 4 is 17.9 Å². The van der Waals surface area contributed by atoms with Gasteiger partial charge in [0.25, 0.3) is 5.89 Å². The number of anilines is 2. The van der Waals surface area contributed by atoms with Crippen LogP contribution in [-0.2, 0) is 22.4 Å². The van der Waals surface area contributed by atoms with E-state index in [-0.39, 0.29) is 23.8 Å². The Hall–Kier alpha value is -3.63. The molecule has 1 aromatic carbocycles. The average molecular weight is 442 g/mol. The first-order valence-corrected chi connectivity index (χ1v) is 10.2. The molecule has 166 valence electrons. The van der Waals surface area contributed by atoms with Crippen molar-refractivity contribution in [1.29, 1.82) is 0 Å². The van der Waals surface area contributed by atoms with Crippen LogP contribution < -0.4 is 10.2 Å². The Balaban J connectivity index is 1.22. The minimum atomic E-state index is -0.835. The molecule has 2 aliphatic rings. The van der Waals surface area contributed by atoms with Gasteiger partial charge < -0.3 is 19.4 Å². The first-order valence-electron chi connectivity index (χ1n) is 10.2.